The number of methoxy groups -OCH3 is 1. The number of nitrogens with one attached hydrogen (secondary N) is 1. The molecule has 0 aliphatic carbocycles. The summed E-state index contributed by atoms with van der Waals surface area (Å²) >= 11 is 0. The molecule has 2 rings (SSSR count). The molecule has 10 heteroatoms. The first kappa shape index (κ1) is 15.9. The van der Waals surface area contributed by atoms with Gasteiger partial charge in [0.05, 0.1) is 19.2 Å². The Morgan fingerprint density at radius 1 is 1.45 bits per heavy atom. The van der Waals surface area contributed by atoms with E-state index in [4.69, 9.17) is 14.4 Å². The summed E-state index contributed by atoms with van der Waals surface area (Å²) in [6.45, 7) is 1.42. The van der Waals surface area contributed by atoms with E-state index in [1.165, 1.54) is 13.2 Å². The molecule has 0 saturated heterocycles. The molecule has 0 fully saturated rings. The zero-order chi connectivity index (χ0) is 16.3. The summed E-state index contributed by atoms with van der Waals surface area (Å²) in [4.78, 5) is 14.6. The van der Waals surface area contributed by atoms with E-state index in [-0.39, 0.29) is 28.6 Å². The molecule has 0 aliphatic rings. The SMILES string of the molecule is COc1cc(C(=O)O)ccc1S(=O)(=O)NCc1noc(C)n1. The number of aromatic carboxylic acids is 1. The minimum atomic E-state index is -3.92. The number of carboxylic acids is 1. The van der Waals surface area contributed by atoms with Crippen molar-refractivity contribution in [3.8, 4) is 5.75 Å². The van der Waals surface area contributed by atoms with Gasteiger partial charge in [0.25, 0.3) is 0 Å². The second kappa shape index (κ2) is 6.12. The van der Waals surface area contributed by atoms with Crippen molar-refractivity contribution in [3.05, 3.63) is 35.5 Å². The van der Waals surface area contributed by atoms with Crippen LogP contribution >= 0.6 is 0 Å². The number of ether oxygens (including phenoxy) is 1. The van der Waals surface area contributed by atoms with Crippen molar-refractivity contribution in [1.29, 1.82) is 0 Å². The van der Waals surface area contributed by atoms with Gasteiger partial charge in [-0.3, -0.25) is 0 Å². The van der Waals surface area contributed by atoms with Crippen molar-refractivity contribution in [2.24, 2.45) is 0 Å². The molecule has 22 heavy (non-hydrogen) atoms. The van der Waals surface area contributed by atoms with E-state index in [1.54, 1.807) is 6.92 Å². The summed E-state index contributed by atoms with van der Waals surface area (Å²) in [6.07, 6.45) is 0. The number of hydrogen-bond donors (Lipinski definition) is 2. The van der Waals surface area contributed by atoms with Gasteiger partial charge in [0.15, 0.2) is 5.82 Å². The molecule has 2 aromatic rings. The van der Waals surface area contributed by atoms with Gasteiger partial charge >= 0.3 is 5.97 Å². The van der Waals surface area contributed by atoms with E-state index in [9.17, 15) is 13.2 Å². The summed E-state index contributed by atoms with van der Waals surface area (Å²) in [7, 11) is -2.67. The first-order valence-corrected chi connectivity index (χ1v) is 7.52. The molecular weight excluding hydrogens is 314 g/mol. The lowest BCUT2D eigenvalue weighted by Gasteiger charge is -2.10. The fraction of sp³-hybridized carbons (Fsp3) is 0.250. The lowest BCUT2D eigenvalue weighted by molar-refractivity contribution is 0.0696. The molecule has 1 aromatic carbocycles. The average molecular weight is 327 g/mol. The van der Waals surface area contributed by atoms with Crippen LogP contribution in [0.5, 0.6) is 5.75 Å². The summed E-state index contributed by atoms with van der Waals surface area (Å²) in [5, 5.41) is 12.5. The number of nitrogens with zero attached hydrogens (tertiary/aromatic N) is 2. The Balaban J connectivity index is 2.26. The standard InChI is InChI=1S/C12H13N3O6S/c1-7-14-11(15-21-7)6-13-22(18,19)10-4-3-8(12(16)17)5-9(10)20-2/h3-5,13H,6H2,1-2H3,(H,16,17). The molecule has 0 atom stereocenters. The van der Waals surface area contributed by atoms with Gasteiger partial charge in [-0.25, -0.2) is 17.9 Å². The molecule has 0 saturated carbocycles. The van der Waals surface area contributed by atoms with Gasteiger partial charge in [0, 0.05) is 6.92 Å². The van der Waals surface area contributed by atoms with Crippen LogP contribution < -0.4 is 9.46 Å². The number of benzene rings is 1. The molecule has 0 unspecified atom stereocenters. The number of rotatable bonds is 6. The van der Waals surface area contributed by atoms with Gasteiger partial charge in [-0.2, -0.15) is 4.98 Å². The molecule has 0 aliphatic heterocycles. The van der Waals surface area contributed by atoms with Gasteiger partial charge < -0.3 is 14.4 Å². The smallest absolute Gasteiger partial charge is 0.335 e. The largest absolute Gasteiger partial charge is 0.495 e. The van der Waals surface area contributed by atoms with Crippen LogP contribution in [0.3, 0.4) is 0 Å². The summed E-state index contributed by atoms with van der Waals surface area (Å²) < 4.78 is 36.5. The van der Waals surface area contributed by atoms with E-state index in [2.05, 4.69) is 14.9 Å². The van der Waals surface area contributed by atoms with E-state index in [0.29, 0.717) is 5.89 Å². The molecule has 0 amide bonds. The molecular formula is C12H13N3O6S. The van der Waals surface area contributed by atoms with E-state index in [1.807, 2.05) is 0 Å². The Morgan fingerprint density at radius 3 is 2.73 bits per heavy atom. The normalized spacial score (nSPS) is 11.4. The topological polar surface area (TPSA) is 132 Å². The van der Waals surface area contributed by atoms with Gasteiger partial charge in [-0.05, 0) is 18.2 Å². The Morgan fingerprint density at radius 2 is 2.18 bits per heavy atom. The van der Waals surface area contributed by atoms with Crippen molar-refractivity contribution in [1.82, 2.24) is 14.9 Å². The number of hydrogen-bond acceptors (Lipinski definition) is 7. The molecule has 118 valence electrons. The summed E-state index contributed by atoms with van der Waals surface area (Å²) in [5.41, 5.74) is -0.0791. The minimum Gasteiger partial charge on any atom is -0.495 e. The van der Waals surface area contributed by atoms with Crippen molar-refractivity contribution < 1.29 is 27.6 Å². The zero-order valence-corrected chi connectivity index (χ0v) is 12.5. The third kappa shape index (κ3) is 3.40. The van der Waals surface area contributed by atoms with Gasteiger partial charge in [0.2, 0.25) is 15.9 Å². The highest BCUT2D eigenvalue weighted by Crippen LogP contribution is 2.25. The van der Waals surface area contributed by atoms with Crippen molar-refractivity contribution in [3.63, 3.8) is 0 Å². The first-order valence-electron chi connectivity index (χ1n) is 6.03. The summed E-state index contributed by atoms with van der Waals surface area (Å²) in [5.74, 6) is -0.756. The van der Waals surface area contributed by atoms with Crippen molar-refractivity contribution in [2.75, 3.05) is 7.11 Å². The van der Waals surface area contributed by atoms with Crippen LogP contribution in [-0.4, -0.2) is 36.7 Å². The lowest BCUT2D eigenvalue weighted by Crippen LogP contribution is -2.24. The van der Waals surface area contributed by atoms with Gasteiger partial charge in [-0.1, -0.05) is 5.16 Å². The Kier molecular flexibility index (Phi) is 4.43. The molecule has 0 radical (unpaired) electrons. The van der Waals surface area contributed by atoms with Crippen LogP contribution in [0, 0.1) is 6.92 Å². The average Bonchev–Trinajstić information content (AvgIpc) is 2.90. The Bertz CT molecular complexity index is 799. The number of carbonyl (C=O) groups is 1. The molecule has 0 bridgehead atoms. The summed E-state index contributed by atoms with van der Waals surface area (Å²) in [6, 6.07) is 3.47. The van der Waals surface area contributed by atoms with Crippen LogP contribution in [0.15, 0.2) is 27.6 Å². The van der Waals surface area contributed by atoms with Crippen LogP contribution in [0.4, 0.5) is 0 Å². The van der Waals surface area contributed by atoms with Crippen LogP contribution in [0.25, 0.3) is 0 Å². The monoisotopic (exact) mass is 327 g/mol. The van der Waals surface area contributed by atoms with Gasteiger partial charge in [0.1, 0.15) is 10.6 Å². The van der Waals surface area contributed by atoms with E-state index < -0.39 is 16.0 Å². The third-order valence-electron chi connectivity index (χ3n) is 2.69. The fourth-order valence-corrected chi connectivity index (χ4v) is 2.80. The minimum absolute atomic E-state index is 0.0725. The zero-order valence-electron chi connectivity index (χ0n) is 11.7. The molecule has 1 aromatic heterocycles. The molecule has 1 heterocycles. The molecule has 2 N–H and O–H groups in total. The predicted molar refractivity (Wildman–Crippen MR) is 73.0 cm³/mol. The van der Waals surface area contributed by atoms with Crippen LogP contribution in [0.2, 0.25) is 0 Å². The van der Waals surface area contributed by atoms with Crippen molar-refractivity contribution >= 4 is 16.0 Å². The highest BCUT2D eigenvalue weighted by atomic mass is 32.2. The fourth-order valence-electron chi connectivity index (χ4n) is 1.67. The third-order valence-corrected chi connectivity index (χ3v) is 4.13. The number of sulfonamides is 1. The van der Waals surface area contributed by atoms with Crippen molar-refractivity contribution in [2.45, 2.75) is 18.4 Å². The van der Waals surface area contributed by atoms with E-state index in [0.717, 1.165) is 12.1 Å². The van der Waals surface area contributed by atoms with Crippen LogP contribution in [-0.2, 0) is 16.6 Å². The second-order valence-electron chi connectivity index (χ2n) is 4.22. The second-order valence-corrected chi connectivity index (χ2v) is 5.96. The number of carboxylic acid groups (broad SMARTS) is 1. The maximum atomic E-state index is 12.2. The molecule has 9 nitrogen and oxygen atoms in total. The highest BCUT2D eigenvalue weighted by molar-refractivity contribution is 7.89. The van der Waals surface area contributed by atoms with Gasteiger partial charge in [-0.15, -0.1) is 0 Å². The molecule has 0 spiro atoms. The Hall–Kier alpha value is -2.46. The van der Waals surface area contributed by atoms with E-state index >= 15 is 0 Å². The first-order chi connectivity index (χ1) is 10.3. The maximum Gasteiger partial charge on any atom is 0.335 e. The maximum absolute atomic E-state index is 12.2. The lowest BCUT2D eigenvalue weighted by atomic mass is 10.2. The quantitative estimate of drug-likeness (QED) is 0.786. The van der Waals surface area contributed by atoms with Crippen LogP contribution in [0.1, 0.15) is 22.1 Å². The number of aromatic nitrogens is 2. The predicted octanol–water partition coefficient (Wildman–Crippen LogP) is 0.563. The number of aryl methyl sites for hydroxylation is 1. The Labute approximate surface area is 126 Å². The highest BCUT2D eigenvalue weighted by Gasteiger charge is 2.21.